The number of nitrogens with one attached hydrogen (secondary N) is 1. The van der Waals surface area contributed by atoms with E-state index < -0.39 is 0 Å². The van der Waals surface area contributed by atoms with Crippen LogP contribution in [0.25, 0.3) is 5.69 Å². The van der Waals surface area contributed by atoms with Gasteiger partial charge in [0.25, 0.3) is 0 Å². The zero-order valence-electron chi connectivity index (χ0n) is 17.7. The van der Waals surface area contributed by atoms with E-state index >= 15 is 0 Å². The van der Waals surface area contributed by atoms with Crippen molar-refractivity contribution >= 4 is 17.3 Å². The van der Waals surface area contributed by atoms with Crippen molar-refractivity contribution in [2.75, 3.05) is 20.3 Å². The van der Waals surface area contributed by atoms with Gasteiger partial charge in [-0.15, -0.1) is 0 Å². The van der Waals surface area contributed by atoms with E-state index in [1.54, 1.807) is 7.11 Å². The number of hydrogen-bond acceptors (Lipinski definition) is 3. The summed E-state index contributed by atoms with van der Waals surface area (Å²) in [5, 5.41) is 4.31. The van der Waals surface area contributed by atoms with Crippen LogP contribution in [-0.2, 0) is 4.74 Å². The Balaban J connectivity index is 1.78. The number of hydrogen-bond donors (Lipinski definition) is 1. The summed E-state index contributed by atoms with van der Waals surface area (Å²) < 4.78 is 7.61. The molecule has 2 aromatic heterocycles. The van der Waals surface area contributed by atoms with E-state index in [1.807, 2.05) is 24.4 Å². The van der Waals surface area contributed by atoms with E-state index in [0.29, 0.717) is 6.61 Å². The first-order valence-corrected chi connectivity index (χ1v) is 10.7. The molecule has 3 aromatic rings. The van der Waals surface area contributed by atoms with Crippen LogP contribution in [0, 0.1) is 13.8 Å². The Labute approximate surface area is 183 Å². The molecule has 1 aromatic carbocycles. The van der Waals surface area contributed by atoms with Crippen LogP contribution in [-0.4, -0.2) is 39.8 Å². The number of rotatable bonds is 7. The minimum absolute atomic E-state index is 0.00553. The largest absolute Gasteiger partial charge is 0.385 e. The van der Waals surface area contributed by atoms with E-state index in [2.05, 4.69) is 70.0 Å². The molecule has 1 N–H and O–H groups in total. The fourth-order valence-electron chi connectivity index (χ4n) is 4.43. The standard InChI is InChI=1S/C24H28N4OS/c1-17-16-20(18(2)28(17)19-10-5-4-6-11-19)23-22(21-12-7-8-13-25-21)26-24(30)27(23)14-9-15-29-3/h4-8,10-13,16,22-23H,9,14-15H2,1-3H3,(H,26,30)/t22-,23+/m1/s1. The maximum absolute atomic E-state index is 5.76. The molecule has 156 valence electrons. The Hall–Kier alpha value is -2.70. The summed E-state index contributed by atoms with van der Waals surface area (Å²) >= 11 is 5.76. The average molecular weight is 421 g/mol. The number of aromatic nitrogens is 2. The lowest BCUT2D eigenvalue weighted by Gasteiger charge is -2.28. The van der Waals surface area contributed by atoms with Crippen molar-refractivity contribution in [3.8, 4) is 5.69 Å². The van der Waals surface area contributed by atoms with E-state index in [1.165, 1.54) is 22.6 Å². The Bertz CT molecular complexity index is 1000. The highest BCUT2D eigenvalue weighted by Gasteiger charge is 2.41. The van der Waals surface area contributed by atoms with Gasteiger partial charge >= 0.3 is 0 Å². The van der Waals surface area contributed by atoms with E-state index in [9.17, 15) is 0 Å². The second-order valence-corrected chi connectivity index (χ2v) is 8.05. The average Bonchev–Trinajstić information content (AvgIpc) is 3.25. The summed E-state index contributed by atoms with van der Waals surface area (Å²) in [7, 11) is 1.74. The quantitative estimate of drug-likeness (QED) is 0.450. The molecule has 1 fully saturated rings. The summed E-state index contributed by atoms with van der Waals surface area (Å²) in [5.74, 6) is 0. The van der Waals surface area contributed by atoms with Crippen LogP contribution in [0.3, 0.4) is 0 Å². The fourth-order valence-corrected chi connectivity index (χ4v) is 4.76. The first-order chi connectivity index (χ1) is 14.6. The van der Waals surface area contributed by atoms with Crippen molar-refractivity contribution < 1.29 is 4.74 Å². The first-order valence-electron chi connectivity index (χ1n) is 10.3. The minimum atomic E-state index is 0.00553. The molecule has 0 saturated carbocycles. The molecule has 30 heavy (non-hydrogen) atoms. The summed E-state index contributed by atoms with van der Waals surface area (Å²) in [6, 6.07) is 18.9. The summed E-state index contributed by atoms with van der Waals surface area (Å²) in [4.78, 5) is 6.94. The molecule has 1 saturated heterocycles. The van der Waals surface area contributed by atoms with Gasteiger partial charge in [-0.2, -0.15) is 0 Å². The van der Waals surface area contributed by atoms with Gasteiger partial charge in [0.05, 0.1) is 17.8 Å². The van der Waals surface area contributed by atoms with Gasteiger partial charge < -0.3 is 19.5 Å². The molecule has 0 radical (unpaired) electrons. The lowest BCUT2D eigenvalue weighted by Crippen LogP contribution is -2.31. The van der Waals surface area contributed by atoms with Gasteiger partial charge in [-0.05, 0) is 68.4 Å². The Morgan fingerprint density at radius 2 is 1.87 bits per heavy atom. The molecule has 5 nitrogen and oxygen atoms in total. The van der Waals surface area contributed by atoms with Gasteiger partial charge in [-0.1, -0.05) is 24.3 Å². The summed E-state index contributed by atoms with van der Waals surface area (Å²) in [5.41, 5.74) is 5.89. The third-order valence-electron chi connectivity index (χ3n) is 5.75. The second-order valence-electron chi connectivity index (χ2n) is 7.66. The maximum atomic E-state index is 5.76. The monoisotopic (exact) mass is 420 g/mol. The highest BCUT2D eigenvalue weighted by atomic mass is 32.1. The smallest absolute Gasteiger partial charge is 0.170 e. The van der Waals surface area contributed by atoms with Crippen LogP contribution in [0.2, 0.25) is 0 Å². The van der Waals surface area contributed by atoms with Gasteiger partial charge in [0.2, 0.25) is 0 Å². The number of nitrogens with zero attached hydrogens (tertiary/aromatic N) is 3. The molecule has 1 aliphatic heterocycles. The number of pyridine rings is 1. The Morgan fingerprint density at radius 3 is 2.57 bits per heavy atom. The van der Waals surface area contributed by atoms with Crippen molar-refractivity contribution in [3.05, 3.63) is 83.4 Å². The topological polar surface area (TPSA) is 42.3 Å². The van der Waals surface area contributed by atoms with Crippen molar-refractivity contribution in [2.24, 2.45) is 0 Å². The van der Waals surface area contributed by atoms with Crippen molar-refractivity contribution in [2.45, 2.75) is 32.4 Å². The highest BCUT2D eigenvalue weighted by molar-refractivity contribution is 7.80. The number of methoxy groups -OCH3 is 1. The molecule has 0 aliphatic carbocycles. The third-order valence-corrected chi connectivity index (χ3v) is 6.10. The summed E-state index contributed by atoms with van der Waals surface area (Å²) in [6.07, 6.45) is 2.76. The van der Waals surface area contributed by atoms with Gasteiger partial charge in [0.1, 0.15) is 0 Å². The molecule has 4 rings (SSSR count). The summed E-state index contributed by atoms with van der Waals surface area (Å²) in [6.45, 7) is 5.90. The highest BCUT2D eigenvalue weighted by Crippen LogP contribution is 2.41. The fraction of sp³-hybridized carbons (Fsp3) is 0.333. The van der Waals surface area contributed by atoms with Crippen molar-refractivity contribution in [1.29, 1.82) is 0 Å². The predicted octanol–water partition coefficient (Wildman–Crippen LogP) is 4.50. The number of thiocarbonyl (C=S) groups is 1. The Morgan fingerprint density at radius 1 is 1.10 bits per heavy atom. The van der Waals surface area contributed by atoms with Gasteiger partial charge in [0, 0.05) is 43.5 Å². The number of aryl methyl sites for hydroxylation is 1. The zero-order valence-corrected chi connectivity index (χ0v) is 18.5. The van der Waals surface area contributed by atoms with Crippen LogP contribution >= 0.6 is 12.2 Å². The van der Waals surface area contributed by atoms with Gasteiger partial charge in [0.15, 0.2) is 5.11 Å². The minimum Gasteiger partial charge on any atom is -0.385 e. The van der Waals surface area contributed by atoms with Crippen LogP contribution in [0.5, 0.6) is 0 Å². The second kappa shape index (κ2) is 8.98. The van der Waals surface area contributed by atoms with E-state index in [-0.39, 0.29) is 12.1 Å². The van der Waals surface area contributed by atoms with E-state index in [0.717, 1.165) is 23.8 Å². The maximum Gasteiger partial charge on any atom is 0.170 e. The third kappa shape index (κ3) is 3.85. The molecule has 1 aliphatic rings. The SMILES string of the molecule is COCCCN1C(=S)N[C@H](c2ccccn2)[C@@H]1c1cc(C)n(-c2ccccc2)c1C. The van der Waals surface area contributed by atoms with Crippen LogP contribution in [0.4, 0.5) is 0 Å². The number of ether oxygens (including phenoxy) is 1. The lowest BCUT2D eigenvalue weighted by atomic mass is 9.96. The molecule has 0 amide bonds. The Kier molecular flexibility index (Phi) is 6.16. The normalized spacial score (nSPS) is 18.6. The van der Waals surface area contributed by atoms with E-state index in [4.69, 9.17) is 17.0 Å². The van der Waals surface area contributed by atoms with Crippen LogP contribution in [0.15, 0.2) is 60.8 Å². The molecule has 0 bridgehead atoms. The van der Waals surface area contributed by atoms with Gasteiger partial charge in [-0.25, -0.2) is 0 Å². The molecular weight excluding hydrogens is 392 g/mol. The molecule has 3 heterocycles. The van der Waals surface area contributed by atoms with Gasteiger partial charge in [-0.3, -0.25) is 4.98 Å². The number of benzene rings is 1. The van der Waals surface area contributed by atoms with Crippen molar-refractivity contribution in [1.82, 2.24) is 19.8 Å². The molecule has 2 atom stereocenters. The first kappa shape index (κ1) is 20.6. The predicted molar refractivity (Wildman–Crippen MR) is 124 cm³/mol. The zero-order chi connectivity index (χ0) is 21.1. The van der Waals surface area contributed by atoms with Crippen LogP contribution < -0.4 is 5.32 Å². The lowest BCUT2D eigenvalue weighted by molar-refractivity contribution is 0.180. The van der Waals surface area contributed by atoms with Crippen molar-refractivity contribution in [3.63, 3.8) is 0 Å². The molecule has 0 spiro atoms. The number of para-hydroxylation sites is 1. The van der Waals surface area contributed by atoms with Crippen LogP contribution in [0.1, 0.15) is 41.1 Å². The molecule has 0 unspecified atom stereocenters. The molecular formula is C24H28N4OS. The molecule has 6 heteroatoms.